The minimum absolute atomic E-state index is 0.604. The summed E-state index contributed by atoms with van der Waals surface area (Å²) >= 11 is 1.71. The maximum absolute atomic E-state index is 10.8. The first-order valence-corrected chi connectivity index (χ1v) is 7.71. The molecule has 94 valence electrons. The van der Waals surface area contributed by atoms with E-state index in [4.69, 9.17) is 0 Å². The van der Waals surface area contributed by atoms with Gasteiger partial charge in [-0.2, -0.15) is 0 Å². The average molecular weight is 250 g/mol. The predicted molar refractivity (Wildman–Crippen MR) is 72.2 cm³/mol. The molecule has 1 nitrogen and oxygen atoms in total. The molecule has 0 radical (unpaired) electrons. The van der Waals surface area contributed by atoms with Crippen LogP contribution in [-0.4, -0.2) is 5.11 Å². The molecule has 17 heavy (non-hydrogen) atoms. The van der Waals surface area contributed by atoms with Gasteiger partial charge in [-0.25, -0.2) is 0 Å². The van der Waals surface area contributed by atoms with Crippen molar-refractivity contribution in [1.29, 1.82) is 0 Å². The summed E-state index contributed by atoms with van der Waals surface area (Å²) in [5.74, 6) is 2.65. The van der Waals surface area contributed by atoms with Crippen molar-refractivity contribution in [3.8, 4) is 0 Å². The Morgan fingerprint density at radius 2 is 2.24 bits per heavy atom. The fourth-order valence-corrected chi connectivity index (χ4v) is 5.15. The number of hydrogen-bond donors (Lipinski definition) is 1. The molecule has 2 heteroatoms. The standard InChI is InChI=1S/C15H22OS/c1-10-5-6-17-14(10)15(2,16)9-13-8-11-3-4-12(13)7-11/h5-6,11-13,16H,3-4,7-9H2,1-2H3. The fraction of sp³-hybridized carbons (Fsp3) is 0.733. The zero-order valence-electron chi connectivity index (χ0n) is 10.8. The van der Waals surface area contributed by atoms with Crippen LogP contribution in [-0.2, 0) is 5.60 Å². The van der Waals surface area contributed by atoms with Crippen molar-refractivity contribution in [2.75, 3.05) is 0 Å². The molecule has 4 atom stereocenters. The summed E-state index contributed by atoms with van der Waals surface area (Å²) in [5.41, 5.74) is 0.649. The molecule has 0 aliphatic heterocycles. The zero-order chi connectivity index (χ0) is 12.0. The molecule has 0 saturated heterocycles. The van der Waals surface area contributed by atoms with E-state index in [2.05, 4.69) is 18.4 Å². The van der Waals surface area contributed by atoms with Crippen molar-refractivity contribution in [3.05, 3.63) is 21.9 Å². The maximum Gasteiger partial charge on any atom is 0.0965 e. The molecule has 3 rings (SSSR count). The van der Waals surface area contributed by atoms with Gasteiger partial charge < -0.3 is 5.11 Å². The SMILES string of the molecule is Cc1ccsc1C(C)(O)CC1CC2CCC1C2. The summed E-state index contributed by atoms with van der Waals surface area (Å²) in [6, 6.07) is 2.12. The van der Waals surface area contributed by atoms with Gasteiger partial charge in [0.05, 0.1) is 5.60 Å². The van der Waals surface area contributed by atoms with Gasteiger partial charge in [0.15, 0.2) is 0 Å². The Morgan fingerprint density at radius 1 is 1.41 bits per heavy atom. The zero-order valence-corrected chi connectivity index (χ0v) is 11.6. The topological polar surface area (TPSA) is 20.2 Å². The molecule has 1 N–H and O–H groups in total. The van der Waals surface area contributed by atoms with Crippen LogP contribution >= 0.6 is 11.3 Å². The van der Waals surface area contributed by atoms with Gasteiger partial charge in [0.1, 0.15) is 0 Å². The smallest absolute Gasteiger partial charge is 0.0965 e. The Bertz CT molecular complexity index is 407. The van der Waals surface area contributed by atoms with Crippen molar-refractivity contribution in [1.82, 2.24) is 0 Å². The number of thiophene rings is 1. The minimum Gasteiger partial charge on any atom is -0.385 e. The molecule has 2 saturated carbocycles. The van der Waals surface area contributed by atoms with Gasteiger partial charge >= 0.3 is 0 Å². The Hall–Kier alpha value is -0.340. The lowest BCUT2D eigenvalue weighted by atomic mass is 9.80. The number of aryl methyl sites for hydroxylation is 1. The molecule has 1 aromatic heterocycles. The average Bonchev–Trinajstić information content (AvgIpc) is 2.92. The van der Waals surface area contributed by atoms with Crippen LogP contribution in [0.1, 0.15) is 49.5 Å². The highest BCUT2D eigenvalue weighted by Crippen LogP contribution is 2.52. The fourth-order valence-electron chi connectivity index (χ4n) is 4.15. The van der Waals surface area contributed by atoms with Gasteiger partial charge in [-0.3, -0.25) is 0 Å². The van der Waals surface area contributed by atoms with Crippen LogP contribution in [0.25, 0.3) is 0 Å². The second kappa shape index (κ2) is 4.10. The lowest BCUT2D eigenvalue weighted by molar-refractivity contribution is 0.0233. The van der Waals surface area contributed by atoms with Crippen molar-refractivity contribution in [2.45, 2.75) is 51.6 Å². The summed E-state index contributed by atoms with van der Waals surface area (Å²) in [6.07, 6.45) is 6.63. The van der Waals surface area contributed by atoms with E-state index in [1.54, 1.807) is 11.3 Å². The van der Waals surface area contributed by atoms with E-state index in [-0.39, 0.29) is 0 Å². The van der Waals surface area contributed by atoms with Crippen LogP contribution in [0.15, 0.2) is 11.4 Å². The summed E-state index contributed by atoms with van der Waals surface area (Å²) in [6.45, 7) is 4.12. The molecule has 2 bridgehead atoms. The first-order chi connectivity index (χ1) is 8.06. The van der Waals surface area contributed by atoms with E-state index in [1.807, 2.05) is 6.92 Å². The van der Waals surface area contributed by atoms with E-state index >= 15 is 0 Å². The predicted octanol–water partition coefficient (Wildman–Crippen LogP) is 4.09. The highest BCUT2D eigenvalue weighted by atomic mass is 32.1. The van der Waals surface area contributed by atoms with Crippen molar-refractivity contribution in [2.24, 2.45) is 17.8 Å². The molecule has 4 unspecified atom stereocenters. The van der Waals surface area contributed by atoms with Crippen molar-refractivity contribution < 1.29 is 5.11 Å². The largest absolute Gasteiger partial charge is 0.385 e. The number of rotatable bonds is 3. The van der Waals surface area contributed by atoms with E-state index in [9.17, 15) is 5.11 Å². The lowest BCUT2D eigenvalue weighted by Gasteiger charge is -2.31. The molecule has 0 spiro atoms. The molecule has 0 amide bonds. The second-order valence-corrected chi connectivity index (χ2v) is 7.26. The van der Waals surface area contributed by atoms with E-state index in [0.717, 1.165) is 24.2 Å². The highest BCUT2D eigenvalue weighted by molar-refractivity contribution is 7.10. The van der Waals surface area contributed by atoms with Gasteiger partial charge in [-0.05, 0) is 74.3 Å². The first-order valence-electron chi connectivity index (χ1n) is 6.83. The summed E-state index contributed by atoms with van der Waals surface area (Å²) in [7, 11) is 0. The summed E-state index contributed by atoms with van der Waals surface area (Å²) < 4.78 is 0. The lowest BCUT2D eigenvalue weighted by Crippen LogP contribution is -2.27. The van der Waals surface area contributed by atoms with Crippen LogP contribution in [0, 0.1) is 24.7 Å². The molecule has 0 aromatic carbocycles. The molecule has 2 fully saturated rings. The molecular weight excluding hydrogens is 228 g/mol. The van der Waals surface area contributed by atoms with Gasteiger partial charge in [-0.1, -0.05) is 6.42 Å². The molecule has 1 heterocycles. The van der Waals surface area contributed by atoms with Crippen LogP contribution in [0.3, 0.4) is 0 Å². The van der Waals surface area contributed by atoms with Gasteiger partial charge in [0, 0.05) is 4.88 Å². The highest BCUT2D eigenvalue weighted by Gasteiger charge is 2.42. The van der Waals surface area contributed by atoms with E-state index in [1.165, 1.54) is 36.1 Å². The Labute approximate surface area is 108 Å². The third-order valence-electron chi connectivity index (χ3n) is 4.90. The number of hydrogen-bond acceptors (Lipinski definition) is 2. The van der Waals surface area contributed by atoms with Crippen molar-refractivity contribution in [3.63, 3.8) is 0 Å². The molecule has 2 aliphatic rings. The normalized spacial score (nSPS) is 35.1. The molecule has 1 aromatic rings. The first kappa shape index (κ1) is 11.7. The number of fused-ring (bicyclic) bond motifs is 2. The minimum atomic E-state index is -0.604. The quantitative estimate of drug-likeness (QED) is 0.856. The maximum atomic E-state index is 10.8. The van der Waals surface area contributed by atoms with Crippen molar-refractivity contribution >= 4 is 11.3 Å². The van der Waals surface area contributed by atoms with Crippen LogP contribution < -0.4 is 0 Å². The Kier molecular flexibility index (Phi) is 2.83. The third kappa shape index (κ3) is 2.06. The van der Waals surface area contributed by atoms with E-state index in [0.29, 0.717) is 0 Å². The summed E-state index contributed by atoms with van der Waals surface area (Å²) in [5, 5.41) is 12.9. The van der Waals surface area contributed by atoms with Gasteiger partial charge in [-0.15, -0.1) is 11.3 Å². The van der Waals surface area contributed by atoms with E-state index < -0.39 is 5.60 Å². The molecular formula is C15H22OS. The van der Waals surface area contributed by atoms with Crippen LogP contribution in [0.2, 0.25) is 0 Å². The Balaban J connectivity index is 1.74. The van der Waals surface area contributed by atoms with Crippen LogP contribution in [0.5, 0.6) is 0 Å². The second-order valence-electron chi connectivity index (χ2n) is 6.35. The monoisotopic (exact) mass is 250 g/mol. The molecule has 2 aliphatic carbocycles. The Morgan fingerprint density at radius 3 is 2.76 bits per heavy atom. The summed E-state index contributed by atoms with van der Waals surface area (Å²) in [4.78, 5) is 1.18. The third-order valence-corrected chi connectivity index (χ3v) is 6.17. The van der Waals surface area contributed by atoms with Gasteiger partial charge in [0.2, 0.25) is 0 Å². The van der Waals surface area contributed by atoms with Crippen LogP contribution in [0.4, 0.5) is 0 Å². The van der Waals surface area contributed by atoms with Gasteiger partial charge in [0.25, 0.3) is 0 Å². The number of aliphatic hydroxyl groups is 1.